The van der Waals surface area contributed by atoms with Gasteiger partial charge in [-0.25, -0.2) is 0 Å². The molecule has 5 rings (SSSR count). The second-order valence-electron chi connectivity index (χ2n) is 13.2. The molecule has 0 spiro atoms. The monoisotopic (exact) mass is 652 g/mol. The van der Waals surface area contributed by atoms with Gasteiger partial charge in [0.2, 0.25) is 0 Å². The Hall–Kier alpha value is -3.56. The minimum Gasteiger partial charge on any atom is -0.405 e. The molecule has 1 heterocycles. The summed E-state index contributed by atoms with van der Waals surface area (Å²) in [7, 11) is 0. The van der Waals surface area contributed by atoms with Gasteiger partial charge in [-0.2, -0.15) is 0 Å². The minimum atomic E-state index is 0.833. The van der Waals surface area contributed by atoms with E-state index >= 15 is 0 Å². The maximum Gasteiger partial charge on any atom is 0.0349 e. The molecule has 0 aliphatic carbocycles. The summed E-state index contributed by atoms with van der Waals surface area (Å²) in [5, 5.41) is 2.86. The first-order valence-corrected chi connectivity index (χ1v) is 18.7. The zero-order chi connectivity index (χ0) is 35.7. The third-order valence-electron chi connectivity index (χ3n) is 8.44. The van der Waals surface area contributed by atoms with Crippen LogP contribution in [0.4, 0.5) is 5.69 Å². The van der Waals surface area contributed by atoms with Crippen molar-refractivity contribution < 1.29 is 0 Å². The first-order chi connectivity index (χ1) is 23.2. The molecule has 48 heavy (non-hydrogen) atoms. The highest BCUT2D eigenvalue weighted by Gasteiger charge is 2.19. The maximum absolute atomic E-state index is 5.81. The van der Waals surface area contributed by atoms with Crippen LogP contribution in [0.5, 0.6) is 0 Å². The third-order valence-corrected chi connectivity index (χ3v) is 8.44. The van der Waals surface area contributed by atoms with Crippen molar-refractivity contribution in [3.63, 3.8) is 0 Å². The number of benzene rings is 4. The van der Waals surface area contributed by atoms with Crippen molar-refractivity contribution in [2.75, 3.05) is 25.4 Å². The van der Waals surface area contributed by atoms with E-state index in [1.54, 1.807) is 0 Å². The summed E-state index contributed by atoms with van der Waals surface area (Å²) in [6, 6.07) is 30.8. The largest absolute Gasteiger partial charge is 0.405 e. The molecule has 0 amide bonds. The van der Waals surface area contributed by atoms with Crippen LogP contribution in [0.25, 0.3) is 10.8 Å². The Morgan fingerprint density at radius 3 is 2.02 bits per heavy atom. The molecule has 3 nitrogen and oxygen atoms in total. The van der Waals surface area contributed by atoms with Crippen LogP contribution in [-0.4, -0.2) is 24.5 Å². The third kappa shape index (κ3) is 16.5. The van der Waals surface area contributed by atoms with E-state index in [9.17, 15) is 0 Å². The smallest absolute Gasteiger partial charge is 0.0349 e. The maximum atomic E-state index is 5.81. The molecule has 1 atom stereocenters. The van der Waals surface area contributed by atoms with Gasteiger partial charge in [0.15, 0.2) is 0 Å². The Bertz CT molecular complexity index is 1390. The number of hydrogen-bond donors (Lipinski definition) is 2. The minimum absolute atomic E-state index is 0.833. The topological polar surface area (TPSA) is 55.3 Å². The van der Waals surface area contributed by atoms with E-state index in [0.29, 0.717) is 0 Å². The van der Waals surface area contributed by atoms with Gasteiger partial charge in [0.25, 0.3) is 0 Å². The number of rotatable bonds is 9. The van der Waals surface area contributed by atoms with Gasteiger partial charge in [0, 0.05) is 12.2 Å². The van der Waals surface area contributed by atoms with E-state index < -0.39 is 0 Å². The van der Waals surface area contributed by atoms with Gasteiger partial charge in [-0.15, -0.1) is 0 Å². The molecular formula is C45H69N3. The van der Waals surface area contributed by atoms with E-state index in [2.05, 4.69) is 144 Å². The van der Waals surface area contributed by atoms with E-state index in [4.69, 9.17) is 5.73 Å². The van der Waals surface area contributed by atoms with Crippen LogP contribution in [0.15, 0.2) is 97.7 Å². The lowest BCUT2D eigenvalue weighted by atomic mass is 9.91. The highest BCUT2D eigenvalue weighted by atomic mass is 15.1. The number of likely N-dealkylation sites (tertiary alicyclic amines) is 1. The number of piperidine rings is 1. The fourth-order valence-electron chi connectivity index (χ4n) is 6.02. The molecule has 4 aromatic carbocycles. The van der Waals surface area contributed by atoms with Gasteiger partial charge >= 0.3 is 0 Å². The zero-order valence-corrected chi connectivity index (χ0v) is 31.9. The molecular weight excluding hydrogens is 583 g/mol. The van der Waals surface area contributed by atoms with Gasteiger partial charge in [0.1, 0.15) is 0 Å². The van der Waals surface area contributed by atoms with Crippen LogP contribution in [0.1, 0.15) is 102 Å². The quantitative estimate of drug-likeness (QED) is 0.177. The molecule has 1 unspecified atom stereocenters. The standard InChI is InChI=1S/C27H33N.C10H15N.C4H10.C2H5N.C2H6/c1-22-15-18-25(27-14-6-5-13-26(22)27)12-8-20-28-19-7-11-24(21-28)17-16-23-9-3-2-4-10-23;1-3-8-5-6-9(4-2)10(11)7-8;1-4(2)3;1-2-3;1-2/h2-6,9-10,13-15,18,24H,7-8,11-12,16-17,19-21H2,1H3;5-7H,3-4,11H2,1-2H3;4H,1-3H3;2H,1,3H2;1-2H3. The predicted octanol–water partition coefficient (Wildman–Crippen LogP) is 11.6. The summed E-state index contributed by atoms with van der Waals surface area (Å²) >= 11 is 0. The second-order valence-corrected chi connectivity index (χ2v) is 13.2. The highest BCUT2D eigenvalue weighted by molar-refractivity contribution is 5.88. The van der Waals surface area contributed by atoms with Crippen LogP contribution in [-0.2, 0) is 25.7 Å². The summed E-state index contributed by atoms with van der Waals surface area (Å²) in [6.07, 6.45) is 11.1. The Morgan fingerprint density at radius 2 is 1.42 bits per heavy atom. The van der Waals surface area contributed by atoms with Crippen molar-refractivity contribution in [2.24, 2.45) is 17.6 Å². The van der Waals surface area contributed by atoms with Crippen LogP contribution >= 0.6 is 0 Å². The predicted molar refractivity (Wildman–Crippen MR) is 217 cm³/mol. The second kappa shape index (κ2) is 25.5. The summed E-state index contributed by atoms with van der Waals surface area (Å²) in [4.78, 5) is 2.72. The summed E-state index contributed by atoms with van der Waals surface area (Å²) < 4.78 is 0. The van der Waals surface area contributed by atoms with Crippen molar-refractivity contribution in [2.45, 2.75) is 107 Å². The SMILES string of the molecule is C=CN.CC.CC(C)C.CCc1ccc(CC)c(N)c1.Cc1ccc(CCCN2CCCC(CCc3ccccc3)C2)c2ccccc12. The number of aryl methyl sites for hydroxylation is 5. The first kappa shape index (κ1) is 42.5. The molecule has 1 aliphatic rings. The summed E-state index contributed by atoms with van der Waals surface area (Å²) in [6.45, 7) is 23.9. The van der Waals surface area contributed by atoms with Crippen LogP contribution in [0, 0.1) is 18.8 Å². The van der Waals surface area contributed by atoms with Crippen molar-refractivity contribution in [1.29, 1.82) is 0 Å². The average Bonchev–Trinajstić information content (AvgIpc) is 3.10. The number of nitrogen functional groups attached to an aromatic ring is 1. The Morgan fingerprint density at radius 1 is 0.812 bits per heavy atom. The van der Waals surface area contributed by atoms with E-state index in [1.165, 1.54) is 103 Å². The van der Waals surface area contributed by atoms with Gasteiger partial charge in [-0.3, -0.25) is 0 Å². The molecule has 0 bridgehead atoms. The zero-order valence-electron chi connectivity index (χ0n) is 31.9. The van der Waals surface area contributed by atoms with Gasteiger partial charge in [0.05, 0.1) is 0 Å². The van der Waals surface area contributed by atoms with Crippen molar-refractivity contribution in [1.82, 2.24) is 4.90 Å². The summed E-state index contributed by atoms with van der Waals surface area (Å²) in [5.74, 6) is 1.70. The lowest BCUT2D eigenvalue weighted by Crippen LogP contribution is -2.36. The molecule has 1 aliphatic heterocycles. The van der Waals surface area contributed by atoms with Gasteiger partial charge in [-0.05, 0) is 134 Å². The molecule has 1 saturated heterocycles. The fraction of sp³-hybridized carbons (Fsp3) is 0.467. The van der Waals surface area contributed by atoms with Gasteiger partial charge < -0.3 is 16.4 Å². The number of fused-ring (bicyclic) bond motifs is 1. The highest BCUT2D eigenvalue weighted by Crippen LogP contribution is 2.25. The molecule has 1 fully saturated rings. The number of hydrogen-bond acceptors (Lipinski definition) is 3. The molecule has 0 saturated carbocycles. The Balaban J connectivity index is 0.000000476. The van der Waals surface area contributed by atoms with E-state index in [0.717, 1.165) is 30.4 Å². The lowest BCUT2D eigenvalue weighted by Gasteiger charge is -2.33. The van der Waals surface area contributed by atoms with Gasteiger partial charge in [-0.1, -0.05) is 134 Å². The Labute approximate surface area is 295 Å². The number of nitrogens with two attached hydrogens (primary N) is 2. The van der Waals surface area contributed by atoms with Crippen molar-refractivity contribution >= 4 is 16.5 Å². The normalized spacial score (nSPS) is 13.8. The number of anilines is 1. The molecule has 0 aromatic heterocycles. The van der Waals surface area contributed by atoms with Crippen LogP contribution < -0.4 is 11.5 Å². The average molecular weight is 652 g/mol. The molecule has 4 N–H and O–H groups in total. The first-order valence-electron chi connectivity index (χ1n) is 18.7. The number of nitrogens with zero attached hydrogens (tertiary/aromatic N) is 1. The molecule has 4 aromatic rings. The molecule has 3 heteroatoms. The fourth-order valence-corrected chi connectivity index (χ4v) is 6.02. The van der Waals surface area contributed by atoms with Crippen molar-refractivity contribution in [3.05, 3.63) is 126 Å². The van der Waals surface area contributed by atoms with Crippen LogP contribution in [0.2, 0.25) is 0 Å². The summed E-state index contributed by atoms with van der Waals surface area (Å²) in [5.41, 5.74) is 18.3. The lowest BCUT2D eigenvalue weighted by molar-refractivity contribution is 0.167. The van der Waals surface area contributed by atoms with E-state index in [1.807, 2.05) is 13.8 Å². The Kier molecular flexibility index (Phi) is 22.5. The molecule has 264 valence electrons. The van der Waals surface area contributed by atoms with Crippen molar-refractivity contribution in [3.8, 4) is 0 Å². The molecule has 0 radical (unpaired) electrons. The van der Waals surface area contributed by atoms with Crippen LogP contribution in [0.3, 0.4) is 0 Å². The van der Waals surface area contributed by atoms with E-state index in [-0.39, 0.29) is 0 Å².